The average Bonchev–Trinajstić information content (AvgIpc) is 2.37. The number of thioether (sulfide) groups is 1. The predicted octanol–water partition coefficient (Wildman–Crippen LogP) is 3.20. The van der Waals surface area contributed by atoms with Gasteiger partial charge in [-0.15, -0.1) is 0 Å². The Kier molecular flexibility index (Phi) is 5.27. The first-order valence-corrected chi connectivity index (χ1v) is 7.56. The lowest BCUT2D eigenvalue weighted by molar-refractivity contribution is -0.115. The molecule has 0 aliphatic carbocycles. The number of H-pyrrole nitrogens is 1. The zero-order valence-corrected chi connectivity index (χ0v) is 13.2. The third-order valence-corrected chi connectivity index (χ3v) is 3.87. The van der Waals surface area contributed by atoms with Crippen molar-refractivity contribution in [1.29, 1.82) is 0 Å². The smallest absolute Gasteiger partial charge is 0.251 e. The molecule has 21 heavy (non-hydrogen) atoms. The van der Waals surface area contributed by atoms with Crippen LogP contribution in [0.15, 0.2) is 40.4 Å². The van der Waals surface area contributed by atoms with Crippen molar-refractivity contribution in [3.8, 4) is 0 Å². The Bertz CT molecular complexity index is 700. The van der Waals surface area contributed by atoms with Gasteiger partial charge in [0, 0.05) is 28.0 Å². The molecule has 2 aromatic rings. The van der Waals surface area contributed by atoms with E-state index in [1.165, 1.54) is 12.3 Å². The molecule has 1 atom stereocenters. The van der Waals surface area contributed by atoms with Gasteiger partial charge in [0.1, 0.15) is 0 Å². The van der Waals surface area contributed by atoms with Gasteiger partial charge < -0.3 is 10.3 Å². The molecule has 2 rings (SSSR count). The zero-order valence-electron chi connectivity index (χ0n) is 10.9. The summed E-state index contributed by atoms with van der Waals surface area (Å²) >= 11 is 12.9. The summed E-state index contributed by atoms with van der Waals surface area (Å²) < 4.78 is 0. The molecule has 8 heteroatoms. The second kappa shape index (κ2) is 6.98. The summed E-state index contributed by atoms with van der Waals surface area (Å²) in [5, 5.41) is 3.52. The number of amides is 1. The number of nitrogens with zero attached hydrogens (tertiary/aromatic N) is 1. The van der Waals surface area contributed by atoms with Crippen molar-refractivity contribution in [2.24, 2.45) is 0 Å². The van der Waals surface area contributed by atoms with Crippen LogP contribution in [0.2, 0.25) is 10.0 Å². The maximum absolute atomic E-state index is 12.1. The number of anilines is 1. The number of benzene rings is 1. The fourth-order valence-corrected chi connectivity index (χ4v) is 2.81. The Balaban J connectivity index is 2.04. The minimum absolute atomic E-state index is 0.246. The summed E-state index contributed by atoms with van der Waals surface area (Å²) in [6, 6.07) is 6.09. The van der Waals surface area contributed by atoms with Gasteiger partial charge in [0.25, 0.3) is 5.56 Å². The van der Waals surface area contributed by atoms with Gasteiger partial charge in [-0.1, -0.05) is 35.0 Å². The topological polar surface area (TPSA) is 74.8 Å². The van der Waals surface area contributed by atoms with Gasteiger partial charge in [-0.25, -0.2) is 4.98 Å². The van der Waals surface area contributed by atoms with E-state index in [0.717, 1.165) is 11.8 Å². The van der Waals surface area contributed by atoms with Crippen molar-refractivity contribution < 1.29 is 4.79 Å². The SMILES string of the molecule is C[C@@H](Sc1nccc(=O)[nH]1)C(=O)Nc1cc(Cl)cc(Cl)c1. The van der Waals surface area contributed by atoms with Gasteiger partial charge in [0.05, 0.1) is 5.25 Å². The number of carbonyl (C=O) groups excluding carboxylic acids is 1. The molecule has 0 saturated carbocycles. The summed E-state index contributed by atoms with van der Waals surface area (Å²) in [6.45, 7) is 1.71. The zero-order chi connectivity index (χ0) is 15.4. The molecule has 1 heterocycles. The molecule has 0 unspecified atom stereocenters. The summed E-state index contributed by atoms with van der Waals surface area (Å²) in [7, 11) is 0. The van der Waals surface area contributed by atoms with Crippen LogP contribution >= 0.6 is 35.0 Å². The van der Waals surface area contributed by atoms with Crippen molar-refractivity contribution in [3.05, 3.63) is 50.9 Å². The van der Waals surface area contributed by atoms with E-state index in [4.69, 9.17) is 23.2 Å². The lowest BCUT2D eigenvalue weighted by Crippen LogP contribution is -2.23. The third kappa shape index (κ3) is 4.77. The number of aromatic nitrogens is 2. The first kappa shape index (κ1) is 15.9. The molecular formula is C13H11Cl2N3O2S. The molecule has 0 saturated heterocycles. The Labute approximate surface area is 135 Å². The van der Waals surface area contributed by atoms with E-state index in [0.29, 0.717) is 20.9 Å². The van der Waals surface area contributed by atoms with E-state index in [2.05, 4.69) is 15.3 Å². The van der Waals surface area contributed by atoms with Gasteiger partial charge in [-0.3, -0.25) is 9.59 Å². The van der Waals surface area contributed by atoms with Gasteiger partial charge in [-0.2, -0.15) is 0 Å². The standard InChI is InChI=1S/C13H11Cl2N3O2S/c1-7(21-13-16-3-2-11(19)18-13)12(20)17-10-5-8(14)4-9(15)6-10/h2-7H,1H3,(H,17,20)(H,16,18,19)/t7-/m1/s1. The van der Waals surface area contributed by atoms with Crippen LogP contribution in [0, 0.1) is 0 Å². The Morgan fingerprint density at radius 1 is 1.33 bits per heavy atom. The number of nitrogens with one attached hydrogen (secondary N) is 2. The van der Waals surface area contributed by atoms with Gasteiger partial charge in [-0.05, 0) is 25.1 Å². The van der Waals surface area contributed by atoms with E-state index in [1.54, 1.807) is 25.1 Å². The molecule has 0 bridgehead atoms. The molecular weight excluding hydrogens is 333 g/mol. The van der Waals surface area contributed by atoms with E-state index in [9.17, 15) is 9.59 Å². The Morgan fingerprint density at radius 3 is 2.62 bits per heavy atom. The van der Waals surface area contributed by atoms with Crippen molar-refractivity contribution in [2.45, 2.75) is 17.3 Å². The summed E-state index contributed by atoms with van der Waals surface area (Å²) in [6.07, 6.45) is 1.39. The number of hydrogen-bond donors (Lipinski definition) is 2. The molecule has 5 nitrogen and oxygen atoms in total. The van der Waals surface area contributed by atoms with E-state index < -0.39 is 5.25 Å². The van der Waals surface area contributed by atoms with Crippen LogP contribution in [-0.4, -0.2) is 21.1 Å². The van der Waals surface area contributed by atoms with E-state index in [-0.39, 0.29) is 11.5 Å². The minimum Gasteiger partial charge on any atom is -0.325 e. The van der Waals surface area contributed by atoms with Crippen LogP contribution in [-0.2, 0) is 4.79 Å². The second-order valence-corrected chi connectivity index (χ2v) is 6.35. The Hall–Kier alpha value is -1.50. The van der Waals surface area contributed by atoms with Crippen LogP contribution in [0.4, 0.5) is 5.69 Å². The predicted molar refractivity (Wildman–Crippen MR) is 85.3 cm³/mol. The number of aromatic amines is 1. The first-order chi connectivity index (χ1) is 9.94. The van der Waals surface area contributed by atoms with E-state index >= 15 is 0 Å². The van der Waals surface area contributed by atoms with Crippen molar-refractivity contribution in [1.82, 2.24) is 9.97 Å². The highest BCUT2D eigenvalue weighted by Crippen LogP contribution is 2.24. The second-order valence-electron chi connectivity index (χ2n) is 4.15. The summed E-state index contributed by atoms with van der Waals surface area (Å²) in [4.78, 5) is 29.8. The molecule has 0 fully saturated rings. The Morgan fingerprint density at radius 2 is 2.00 bits per heavy atom. The van der Waals surface area contributed by atoms with Crippen LogP contribution < -0.4 is 10.9 Å². The van der Waals surface area contributed by atoms with Crippen LogP contribution in [0.25, 0.3) is 0 Å². The van der Waals surface area contributed by atoms with Crippen LogP contribution in [0.1, 0.15) is 6.92 Å². The first-order valence-electron chi connectivity index (χ1n) is 5.93. The number of carbonyl (C=O) groups is 1. The molecule has 1 amide bonds. The molecule has 0 spiro atoms. The summed E-state index contributed by atoms with van der Waals surface area (Å²) in [5.74, 6) is -0.246. The maximum Gasteiger partial charge on any atom is 0.251 e. The molecule has 0 radical (unpaired) electrons. The largest absolute Gasteiger partial charge is 0.325 e. The van der Waals surface area contributed by atoms with Gasteiger partial charge >= 0.3 is 0 Å². The highest BCUT2D eigenvalue weighted by molar-refractivity contribution is 8.00. The molecule has 2 N–H and O–H groups in total. The quantitative estimate of drug-likeness (QED) is 0.660. The number of hydrogen-bond acceptors (Lipinski definition) is 4. The number of rotatable bonds is 4. The minimum atomic E-state index is -0.451. The molecule has 0 aliphatic heterocycles. The maximum atomic E-state index is 12.1. The number of halogens is 2. The average molecular weight is 344 g/mol. The normalized spacial score (nSPS) is 12.0. The molecule has 0 aliphatic rings. The fraction of sp³-hybridized carbons (Fsp3) is 0.154. The monoisotopic (exact) mass is 343 g/mol. The van der Waals surface area contributed by atoms with Crippen LogP contribution in [0.3, 0.4) is 0 Å². The van der Waals surface area contributed by atoms with Crippen molar-refractivity contribution >= 4 is 46.6 Å². The molecule has 1 aromatic carbocycles. The lowest BCUT2D eigenvalue weighted by Gasteiger charge is -2.11. The highest BCUT2D eigenvalue weighted by atomic mass is 35.5. The van der Waals surface area contributed by atoms with Crippen molar-refractivity contribution in [2.75, 3.05) is 5.32 Å². The summed E-state index contributed by atoms with van der Waals surface area (Å²) in [5.41, 5.74) is 0.251. The highest BCUT2D eigenvalue weighted by Gasteiger charge is 2.16. The molecule has 110 valence electrons. The molecule has 1 aromatic heterocycles. The van der Waals surface area contributed by atoms with Gasteiger partial charge in [0.15, 0.2) is 5.16 Å². The lowest BCUT2D eigenvalue weighted by atomic mass is 10.3. The van der Waals surface area contributed by atoms with Gasteiger partial charge in [0.2, 0.25) is 5.91 Å². The van der Waals surface area contributed by atoms with E-state index in [1.807, 2.05) is 0 Å². The van der Waals surface area contributed by atoms with Crippen molar-refractivity contribution in [3.63, 3.8) is 0 Å². The fourth-order valence-electron chi connectivity index (χ4n) is 1.50. The van der Waals surface area contributed by atoms with Crippen LogP contribution in [0.5, 0.6) is 0 Å². The third-order valence-electron chi connectivity index (χ3n) is 2.44.